The minimum Gasteiger partial charge on any atom is -0.481 e. The summed E-state index contributed by atoms with van der Waals surface area (Å²) in [5.41, 5.74) is 15.6. The lowest BCUT2D eigenvalue weighted by Crippen LogP contribution is -2.56. The van der Waals surface area contributed by atoms with Gasteiger partial charge in [-0.05, 0) is 19.8 Å². The van der Waals surface area contributed by atoms with Crippen molar-refractivity contribution in [2.45, 2.75) is 63.2 Å². The van der Waals surface area contributed by atoms with Gasteiger partial charge in [0.2, 0.25) is 29.5 Å². The molecule has 5 amide bonds. The van der Waals surface area contributed by atoms with Gasteiger partial charge in [0.05, 0.1) is 12.5 Å². The van der Waals surface area contributed by atoms with Crippen LogP contribution in [0.2, 0.25) is 0 Å². The summed E-state index contributed by atoms with van der Waals surface area (Å²) in [5, 5.41) is 24.2. The molecular formula is C17H28N6O9. The number of primary amides is 2. The zero-order valence-corrected chi connectivity index (χ0v) is 17.3. The SMILES string of the molecule is CC(NC(=O)C(CCC(N)=O)NC(=O)C(N)CCC(=O)O)C(=O)NC(CC(N)=O)C(=O)O. The van der Waals surface area contributed by atoms with Crippen LogP contribution in [-0.4, -0.2) is 75.9 Å². The Morgan fingerprint density at radius 3 is 1.78 bits per heavy atom. The fourth-order valence-corrected chi connectivity index (χ4v) is 2.32. The number of carbonyl (C=O) groups excluding carboxylic acids is 5. The molecule has 32 heavy (non-hydrogen) atoms. The lowest BCUT2D eigenvalue weighted by molar-refractivity contribution is -0.143. The molecule has 0 spiro atoms. The van der Waals surface area contributed by atoms with Crippen molar-refractivity contribution >= 4 is 41.5 Å². The van der Waals surface area contributed by atoms with Crippen molar-refractivity contribution in [2.24, 2.45) is 17.2 Å². The van der Waals surface area contributed by atoms with Crippen LogP contribution in [0.25, 0.3) is 0 Å². The Balaban J connectivity index is 5.14. The molecule has 11 N–H and O–H groups in total. The third-order valence-corrected chi connectivity index (χ3v) is 4.09. The van der Waals surface area contributed by atoms with Crippen LogP contribution in [0.4, 0.5) is 0 Å². The second-order valence-electron chi connectivity index (χ2n) is 6.91. The van der Waals surface area contributed by atoms with Crippen molar-refractivity contribution in [3.8, 4) is 0 Å². The van der Waals surface area contributed by atoms with Crippen LogP contribution in [0.1, 0.15) is 39.0 Å². The van der Waals surface area contributed by atoms with E-state index in [4.69, 9.17) is 27.4 Å². The number of aliphatic carboxylic acids is 2. The van der Waals surface area contributed by atoms with Gasteiger partial charge in [-0.15, -0.1) is 0 Å². The molecule has 0 heterocycles. The molecular weight excluding hydrogens is 432 g/mol. The van der Waals surface area contributed by atoms with Gasteiger partial charge in [-0.2, -0.15) is 0 Å². The first-order valence-corrected chi connectivity index (χ1v) is 9.42. The van der Waals surface area contributed by atoms with Gasteiger partial charge in [-0.3, -0.25) is 28.8 Å². The maximum Gasteiger partial charge on any atom is 0.326 e. The largest absolute Gasteiger partial charge is 0.481 e. The van der Waals surface area contributed by atoms with E-state index >= 15 is 0 Å². The van der Waals surface area contributed by atoms with Crippen molar-refractivity contribution in [1.29, 1.82) is 0 Å². The Labute approximate surface area is 182 Å². The van der Waals surface area contributed by atoms with Crippen LogP contribution in [-0.2, 0) is 33.6 Å². The summed E-state index contributed by atoms with van der Waals surface area (Å²) in [6.45, 7) is 1.21. The third kappa shape index (κ3) is 11.4. The lowest BCUT2D eigenvalue weighted by Gasteiger charge is -2.23. The fourth-order valence-electron chi connectivity index (χ4n) is 2.32. The number of amides is 5. The van der Waals surface area contributed by atoms with E-state index in [1.165, 1.54) is 6.92 Å². The average molecular weight is 460 g/mol. The molecule has 0 rings (SSSR count). The maximum absolute atomic E-state index is 12.5. The van der Waals surface area contributed by atoms with Crippen LogP contribution >= 0.6 is 0 Å². The summed E-state index contributed by atoms with van der Waals surface area (Å²) in [6.07, 6.45) is -1.82. The standard InChI is InChI=1S/C17H28N6O9/c1-7(14(28)23-10(17(31)32)6-12(20)25)21-16(30)9(3-4-11(19)24)22-15(29)8(18)2-5-13(26)27/h7-10H,2-6,18H2,1H3,(H2,19,24)(H2,20,25)(H,21,30)(H,22,29)(H,23,28)(H,26,27)(H,31,32). The molecule has 0 saturated carbocycles. The molecule has 0 aromatic rings. The second kappa shape index (κ2) is 13.5. The van der Waals surface area contributed by atoms with Gasteiger partial charge in [-0.25, -0.2) is 4.79 Å². The van der Waals surface area contributed by atoms with Crippen molar-refractivity contribution in [2.75, 3.05) is 0 Å². The minimum absolute atomic E-state index is 0.208. The van der Waals surface area contributed by atoms with Gasteiger partial charge in [-0.1, -0.05) is 0 Å². The Morgan fingerprint density at radius 2 is 1.31 bits per heavy atom. The third-order valence-electron chi connectivity index (χ3n) is 4.09. The number of carbonyl (C=O) groups is 7. The monoisotopic (exact) mass is 460 g/mol. The number of hydrogen-bond acceptors (Lipinski definition) is 8. The molecule has 0 aromatic heterocycles. The van der Waals surface area contributed by atoms with E-state index in [2.05, 4.69) is 10.6 Å². The fraction of sp³-hybridized carbons (Fsp3) is 0.588. The zero-order valence-electron chi connectivity index (χ0n) is 17.3. The molecule has 15 nitrogen and oxygen atoms in total. The molecule has 4 atom stereocenters. The predicted molar refractivity (Wildman–Crippen MR) is 106 cm³/mol. The van der Waals surface area contributed by atoms with Gasteiger partial charge in [0.1, 0.15) is 18.1 Å². The Hall–Kier alpha value is -3.75. The summed E-state index contributed by atoms with van der Waals surface area (Å²) in [4.78, 5) is 80.5. The lowest BCUT2D eigenvalue weighted by atomic mass is 10.1. The predicted octanol–water partition coefficient (Wildman–Crippen LogP) is -4.12. The van der Waals surface area contributed by atoms with Crippen molar-refractivity contribution < 1.29 is 43.8 Å². The average Bonchev–Trinajstić information content (AvgIpc) is 2.67. The number of carboxylic acid groups (broad SMARTS) is 2. The summed E-state index contributed by atoms with van der Waals surface area (Å²) in [5.74, 6) is -7.15. The van der Waals surface area contributed by atoms with Crippen LogP contribution in [0.3, 0.4) is 0 Å². The molecule has 15 heteroatoms. The van der Waals surface area contributed by atoms with Gasteiger partial charge in [0.15, 0.2) is 0 Å². The van der Waals surface area contributed by atoms with Crippen molar-refractivity contribution in [1.82, 2.24) is 16.0 Å². The van der Waals surface area contributed by atoms with Crippen LogP contribution < -0.4 is 33.2 Å². The Kier molecular flexibility index (Phi) is 11.9. The van der Waals surface area contributed by atoms with E-state index in [0.29, 0.717) is 0 Å². The van der Waals surface area contributed by atoms with E-state index in [1.54, 1.807) is 0 Å². The summed E-state index contributed by atoms with van der Waals surface area (Å²) in [6, 6.07) is -5.51. The smallest absolute Gasteiger partial charge is 0.326 e. The quantitative estimate of drug-likeness (QED) is 0.117. The maximum atomic E-state index is 12.5. The van der Waals surface area contributed by atoms with Crippen molar-refractivity contribution in [3.63, 3.8) is 0 Å². The van der Waals surface area contributed by atoms with Gasteiger partial charge < -0.3 is 43.4 Å². The number of rotatable bonds is 15. The molecule has 0 fully saturated rings. The van der Waals surface area contributed by atoms with E-state index in [1.807, 2.05) is 5.32 Å². The van der Waals surface area contributed by atoms with E-state index in [9.17, 15) is 33.6 Å². The Morgan fingerprint density at radius 1 is 0.750 bits per heavy atom. The van der Waals surface area contributed by atoms with E-state index < -0.39 is 72.1 Å². The summed E-state index contributed by atoms with van der Waals surface area (Å²) in [7, 11) is 0. The van der Waals surface area contributed by atoms with Crippen LogP contribution in [0.15, 0.2) is 0 Å². The van der Waals surface area contributed by atoms with Gasteiger partial charge in [0.25, 0.3) is 0 Å². The molecule has 4 unspecified atom stereocenters. The second-order valence-corrected chi connectivity index (χ2v) is 6.91. The topological polar surface area (TPSA) is 274 Å². The highest BCUT2D eigenvalue weighted by Crippen LogP contribution is 2.02. The highest BCUT2D eigenvalue weighted by atomic mass is 16.4. The number of nitrogens with one attached hydrogen (secondary N) is 3. The number of carboxylic acids is 2. The van der Waals surface area contributed by atoms with E-state index in [-0.39, 0.29) is 25.7 Å². The molecule has 0 aliphatic rings. The highest BCUT2D eigenvalue weighted by Gasteiger charge is 2.29. The number of hydrogen-bond donors (Lipinski definition) is 8. The molecule has 180 valence electrons. The normalized spacial score (nSPS) is 14.2. The van der Waals surface area contributed by atoms with Crippen LogP contribution in [0.5, 0.6) is 0 Å². The molecule has 0 aromatic carbocycles. The summed E-state index contributed by atoms with van der Waals surface area (Å²) < 4.78 is 0. The summed E-state index contributed by atoms with van der Waals surface area (Å²) >= 11 is 0. The molecule has 0 bridgehead atoms. The van der Waals surface area contributed by atoms with Gasteiger partial charge >= 0.3 is 11.9 Å². The first-order chi connectivity index (χ1) is 14.7. The first kappa shape index (κ1) is 28.2. The highest BCUT2D eigenvalue weighted by molar-refractivity contribution is 5.95. The molecule has 0 aliphatic heterocycles. The van der Waals surface area contributed by atoms with Gasteiger partial charge in [0, 0.05) is 12.8 Å². The first-order valence-electron chi connectivity index (χ1n) is 9.42. The zero-order chi connectivity index (χ0) is 25.0. The number of nitrogens with two attached hydrogens (primary N) is 3. The molecule has 0 radical (unpaired) electrons. The van der Waals surface area contributed by atoms with Crippen molar-refractivity contribution in [3.05, 3.63) is 0 Å². The molecule has 0 aliphatic carbocycles. The van der Waals surface area contributed by atoms with Crippen LogP contribution in [0, 0.1) is 0 Å². The van der Waals surface area contributed by atoms with E-state index in [0.717, 1.165) is 0 Å². The Bertz CT molecular complexity index is 757. The molecule has 0 saturated heterocycles. The minimum atomic E-state index is -1.61.